The maximum absolute atomic E-state index is 12.1. The molecular formula is C17H20N2O5. The van der Waals surface area contributed by atoms with E-state index in [0.717, 1.165) is 0 Å². The summed E-state index contributed by atoms with van der Waals surface area (Å²) in [5.41, 5.74) is 2.06. The number of esters is 2. The van der Waals surface area contributed by atoms with E-state index < -0.39 is 11.9 Å². The van der Waals surface area contributed by atoms with E-state index in [9.17, 15) is 9.59 Å². The van der Waals surface area contributed by atoms with Gasteiger partial charge in [0.2, 0.25) is 0 Å². The summed E-state index contributed by atoms with van der Waals surface area (Å²) in [6.45, 7) is 3.71. The number of hydrogen-bond donors (Lipinski definition) is 0. The van der Waals surface area contributed by atoms with Crippen LogP contribution >= 0.6 is 0 Å². The van der Waals surface area contributed by atoms with Crippen LogP contribution in [0.2, 0.25) is 0 Å². The number of nitrogens with zero attached hydrogens (tertiary/aromatic N) is 2. The molecule has 2 aromatic rings. The zero-order valence-electron chi connectivity index (χ0n) is 14.2. The van der Waals surface area contributed by atoms with Crippen molar-refractivity contribution in [1.29, 1.82) is 0 Å². The molecule has 0 unspecified atom stereocenters. The minimum absolute atomic E-state index is 0.000761. The van der Waals surface area contributed by atoms with Crippen LogP contribution in [0, 0.1) is 6.92 Å². The van der Waals surface area contributed by atoms with Gasteiger partial charge in [0.1, 0.15) is 5.75 Å². The van der Waals surface area contributed by atoms with Gasteiger partial charge in [-0.25, -0.2) is 9.48 Å². The summed E-state index contributed by atoms with van der Waals surface area (Å²) in [6, 6.07) is 7.14. The Kier molecular flexibility index (Phi) is 5.57. The third-order valence-electron chi connectivity index (χ3n) is 3.57. The van der Waals surface area contributed by atoms with Crippen LogP contribution in [-0.2, 0) is 20.7 Å². The van der Waals surface area contributed by atoms with Gasteiger partial charge in [0.15, 0.2) is 5.69 Å². The Morgan fingerprint density at radius 2 is 1.83 bits per heavy atom. The van der Waals surface area contributed by atoms with Crippen LogP contribution in [0.25, 0.3) is 5.69 Å². The van der Waals surface area contributed by atoms with E-state index in [2.05, 4.69) is 5.10 Å². The van der Waals surface area contributed by atoms with Gasteiger partial charge in [-0.05, 0) is 38.1 Å². The van der Waals surface area contributed by atoms with Crippen molar-refractivity contribution in [2.24, 2.45) is 0 Å². The van der Waals surface area contributed by atoms with Crippen LogP contribution in [0.15, 0.2) is 24.3 Å². The maximum atomic E-state index is 12.1. The molecule has 0 radical (unpaired) electrons. The number of benzene rings is 1. The van der Waals surface area contributed by atoms with Gasteiger partial charge < -0.3 is 14.2 Å². The molecule has 1 heterocycles. The average molecular weight is 332 g/mol. The molecule has 2 rings (SSSR count). The summed E-state index contributed by atoms with van der Waals surface area (Å²) in [5.74, 6) is -0.237. The van der Waals surface area contributed by atoms with E-state index in [0.29, 0.717) is 22.7 Å². The van der Waals surface area contributed by atoms with E-state index in [1.54, 1.807) is 49.9 Å². The van der Waals surface area contributed by atoms with Gasteiger partial charge in [0, 0.05) is 5.56 Å². The summed E-state index contributed by atoms with van der Waals surface area (Å²) in [4.78, 5) is 23.8. The van der Waals surface area contributed by atoms with Gasteiger partial charge in [0.05, 0.1) is 38.6 Å². The first kappa shape index (κ1) is 17.5. The zero-order chi connectivity index (χ0) is 17.7. The van der Waals surface area contributed by atoms with Crippen LogP contribution in [0.3, 0.4) is 0 Å². The summed E-state index contributed by atoms with van der Waals surface area (Å²) >= 11 is 0. The number of carbonyl (C=O) groups excluding carboxylic acids is 2. The fourth-order valence-corrected chi connectivity index (χ4v) is 2.28. The van der Waals surface area contributed by atoms with Crippen LogP contribution in [-0.4, -0.2) is 42.5 Å². The van der Waals surface area contributed by atoms with Gasteiger partial charge in [-0.2, -0.15) is 5.10 Å². The molecule has 7 nitrogen and oxygen atoms in total. The molecule has 7 heteroatoms. The fraction of sp³-hybridized carbons (Fsp3) is 0.353. The summed E-state index contributed by atoms with van der Waals surface area (Å²) in [5, 5.41) is 4.33. The number of methoxy groups -OCH3 is 2. The third-order valence-corrected chi connectivity index (χ3v) is 3.57. The fourth-order valence-electron chi connectivity index (χ4n) is 2.28. The first-order valence-corrected chi connectivity index (χ1v) is 7.48. The highest BCUT2D eigenvalue weighted by atomic mass is 16.5. The third kappa shape index (κ3) is 3.56. The highest BCUT2D eigenvalue weighted by Gasteiger charge is 2.23. The minimum Gasteiger partial charge on any atom is -0.497 e. The molecule has 0 atom stereocenters. The lowest BCUT2D eigenvalue weighted by molar-refractivity contribution is -0.139. The summed E-state index contributed by atoms with van der Waals surface area (Å²) in [6.07, 6.45) is 0.000761. The summed E-state index contributed by atoms with van der Waals surface area (Å²) < 4.78 is 16.5. The van der Waals surface area contributed by atoms with E-state index in [-0.39, 0.29) is 18.7 Å². The molecule has 128 valence electrons. The zero-order valence-corrected chi connectivity index (χ0v) is 14.2. The van der Waals surface area contributed by atoms with Crippen molar-refractivity contribution in [1.82, 2.24) is 9.78 Å². The van der Waals surface area contributed by atoms with Crippen LogP contribution < -0.4 is 4.74 Å². The number of rotatable bonds is 6. The van der Waals surface area contributed by atoms with Crippen LogP contribution in [0.5, 0.6) is 5.75 Å². The molecule has 1 aromatic carbocycles. The molecule has 0 aliphatic carbocycles. The largest absolute Gasteiger partial charge is 0.497 e. The lowest BCUT2D eigenvalue weighted by atomic mass is 10.1. The van der Waals surface area contributed by atoms with Crippen LogP contribution in [0.1, 0.15) is 28.7 Å². The molecular weight excluding hydrogens is 312 g/mol. The van der Waals surface area contributed by atoms with E-state index >= 15 is 0 Å². The molecule has 0 saturated heterocycles. The van der Waals surface area contributed by atoms with Crippen molar-refractivity contribution in [2.45, 2.75) is 20.3 Å². The summed E-state index contributed by atoms with van der Waals surface area (Å²) in [7, 11) is 2.90. The second-order valence-corrected chi connectivity index (χ2v) is 5.00. The van der Waals surface area contributed by atoms with Gasteiger partial charge in [-0.1, -0.05) is 0 Å². The second-order valence-electron chi connectivity index (χ2n) is 5.00. The molecule has 0 bridgehead atoms. The van der Waals surface area contributed by atoms with Gasteiger partial charge >= 0.3 is 11.9 Å². The number of carbonyl (C=O) groups is 2. The maximum Gasteiger partial charge on any atom is 0.359 e. The first-order valence-electron chi connectivity index (χ1n) is 7.48. The number of hydrogen-bond acceptors (Lipinski definition) is 6. The quantitative estimate of drug-likeness (QED) is 0.754. The van der Waals surface area contributed by atoms with Crippen molar-refractivity contribution >= 4 is 11.9 Å². The second kappa shape index (κ2) is 7.63. The minimum atomic E-state index is -0.520. The normalized spacial score (nSPS) is 10.3. The van der Waals surface area contributed by atoms with E-state index in [1.807, 2.05) is 0 Å². The highest BCUT2D eigenvalue weighted by Crippen LogP contribution is 2.22. The van der Waals surface area contributed by atoms with Gasteiger partial charge in [0.25, 0.3) is 0 Å². The van der Waals surface area contributed by atoms with Gasteiger partial charge in [-0.3, -0.25) is 4.79 Å². The van der Waals surface area contributed by atoms with Gasteiger partial charge in [-0.15, -0.1) is 0 Å². The molecule has 0 aliphatic rings. The molecule has 0 spiro atoms. The van der Waals surface area contributed by atoms with Crippen molar-refractivity contribution in [3.8, 4) is 11.4 Å². The topological polar surface area (TPSA) is 79.6 Å². The Hall–Kier alpha value is -2.83. The van der Waals surface area contributed by atoms with E-state index in [4.69, 9.17) is 14.2 Å². The van der Waals surface area contributed by atoms with Crippen molar-refractivity contribution in [2.75, 3.05) is 20.8 Å². The Balaban J connectivity index is 2.52. The Morgan fingerprint density at radius 3 is 2.38 bits per heavy atom. The molecule has 1 aromatic heterocycles. The molecule has 0 amide bonds. The Bertz CT molecular complexity index is 734. The van der Waals surface area contributed by atoms with E-state index in [1.165, 1.54) is 7.11 Å². The SMILES string of the molecule is CCOC(=O)c1nn(-c2ccc(OC)cc2)c(CC(=O)OC)c1C. The smallest absolute Gasteiger partial charge is 0.359 e. The van der Waals surface area contributed by atoms with Crippen molar-refractivity contribution < 1.29 is 23.8 Å². The molecule has 0 N–H and O–H groups in total. The number of aromatic nitrogens is 2. The van der Waals surface area contributed by atoms with Crippen molar-refractivity contribution in [3.05, 3.63) is 41.2 Å². The Labute approximate surface area is 140 Å². The lowest BCUT2D eigenvalue weighted by Crippen LogP contribution is -2.11. The van der Waals surface area contributed by atoms with Crippen LogP contribution in [0.4, 0.5) is 0 Å². The molecule has 24 heavy (non-hydrogen) atoms. The molecule has 0 aliphatic heterocycles. The lowest BCUT2D eigenvalue weighted by Gasteiger charge is -2.08. The standard InChI is InChI=1S/C17H20N2O5/c1-5-24-17(21)16-11(2)14(10-15(20)23-4)19(18-16)12-6-8-13(22-3)9-7-12/h6-9H,5,10H2,1-4H3. The average Bonchev–Trinajstić information content (AvgIpc) is 2.92. The predicted octanol–water partition coefficient (Wildman–Crippen LogP) is 2.08. The predicted molar refractivity (Wildman–Crippen MR) is 86.5 cm³/mol. The molecule has 0 fully saturated rings. The highest BCUT2D eigenvalue weighted by molar-refractivity contribution is 5.89. The monoisotopic (exact) mass is 332 g/mol. The van der Waals surface area contributed by atoms with Crippen molar-refractivity contribution in [3.63, 3.8) is 0 Å². The number of ether oxygens (including phenoxy) is 3. The first-order chi connectivity index (χ1) is 11.5. The molecule has 0 saturated carbocycles. The Morgan fingerprint density at radius 1 is 1.17 bits per heavy atom.